The Balaban J connectivity index is 2.18. The van der Waals surface area contributed by atoms with Gasteiger partial charge in [-0.15, -0.1) is 11.3 Å². The second-order valence-electron chi connectivity index (χ2n) is 4.34. The van der Waals surface area contributed by atoms with Crippen molar-refractivity contribution in [1.82, 2.24) is 10.3 Å². The largest absolute Gasteiger partial charge is 0.309 e. The Morgan fingerprint density at radius 1 is 1.47 bits per heavy atom. The molecule has 2 rings (SSSR count). The molecule has 0 bridgehead atoms. The van der Waals surface area contributed by atoms with Gasteiger partial charge in [0, 0.05) is 17.1 Å². The third-order valence-electron chi connectivity index (χ3n) is 2.86. The van der Waals surface area contributed by atoms with Crippen molar-refractivity contribution in [2.24, 2.45) is 0 Å². The SMILES string of the molecule is CCNC(Cc1ccc(F)c(Br)c1)c1cnc(C)s1. The van der Waals surface area contributed by atoms with Crippen molar-refractivity contribution in [2.75, 3.05) is 6.54 Å². The van der Waals surface area contributed by atoms with E-state index in [1.807, 2.05) is 25.3 Å². The van der Waals surface area contributed by atoms with Gasteiger partial charge in [0.25, 0.3) is 0 Å². The number of benzene rings is 1. The number of hydrogen-bond acceptors (Lipinski definition) is 3. The van der Waals surface area contributed by atoms with Crippen LogP contribution >= 0.6 is 27.3 Å². The van der Waals surface area contributed by atoms with E-state index in [2.05, 4.69) is 33.2 Å². The Bertz CT molecular complexity index is 556. The highest BCUT2D eigenvalue weighted by molar-refractivity contribution is 9.10. The molecule has 1 N–H and O–H groups in total. The van der Waals surface area contributed by atoms with Gasteiger partial charge in [-0.05, 0) is 53.5 Å². The maximum atomic E-state index is 13.2. The van der Waals surface area contributed by atoms with E-state index in [9.17, 15) is 4.39 Å². The average molecular weight is 343 g/mol. The predicted octanol–water partition coefficient (Wildman–Crippen LogP) is 4.25. The van der Waals surface area contributed by atoms with Crippen LogP contribution in [0.5, 0.6) is 0 Å². The summed E-state index contributed by atoms with van der Waals surface area (Å²) in [6.07, 6.45) is 2.75. The number of nitrogens with zero attached hydrogens (tertiary/aromatic N) is 1. The van der Waals surface area contributed by atoms with E-state index in [1.54, 1.807) is 11.3 Å². The van der Waals surface area contributed by atoms with Gasteiger partial charge in [-0.1, -0.05) is 13.0 Å². The Kier molecular flexibility index (Phi) is 5.07. The Morgan fingerprint density at radius 3 is 2.84 bits per heavy atom. The smallest absolute Gasteiger partial charge is 0.137 e. The van der Waals surface area contributed by atoms with Crippen molar-refractivity contribution in [3.8, 4) is 0 Å². The highest BCUT2D eigenvalue weighted by atomic mass is 79.9. The van der Waals surface area contributed by atoms with Gasteiger partial charge in [0.15, 0.2) is 0 Å². The molecule has 5 heteroatoms. The summed E-state index contributed by atoms with van der Waals surface area (Å²) in [5, 5.41) is 4.52. The minimum atomic E-state index is -0.225. The molecule has 0 aliphatic heterocycles. The molecule has 0 aliphatic rings. The molecule has 1 heterocycles. The molecule has 1 unspecified atom stereocenters. The van der Waals surface area contributed by atoms with Crippen LogP contribution in [-0.4, -0.2) is 11.5 Å². The highest BCUT2D eigenvalue weighted by Crippen LogP contribution is 2.25. The zero-order valence-corrected chi connectivity index (χ0v) is 13.3. The number of likely N-dealkylation sites (N-methyl/N-ethyl adjacent to an activating group) is 1. The predicted molar refractivity (Wildman–Crippen MR) is 81.1 cm³/mol. The van der Waals surface area contributed by atoms with Crippen molar-refractivity contribution < 1.29 is 4.39 Å². The number of aromatic nitrogens is 1. The number of hydrogen-bond donors (Lipinski definition) is 1. The first-order valence-corrected chi connectivity index (χ1v) is 7.80. The molecule has 1 aromatic heterocycles. The van der Waals surface area contributed by atoms with Gasteiger partial charge in [0.1, 0.15) is 5.82 Å². The summed E-state index contributed by atoms with van der Waals surface area (Å²) in [6, 6.07) is 5.40. The van der Waals surface area contributed by atoms with Crippen LogP contribution in [0, 0.1) is 12.7 Å². The number of halogens is 2. The second-order valence-corrected chi connectivity index (χ2v) is 6.47. The van der Waals surface area contributed by atoms with Gasteiger partial charge in [0.2, 0.25) is 0 Å². The Hall–Kier alpha value is -0.780. The third-order valence-corrected chi connectivity index (χ3v) is 4.49. The Morgan fingerprint density at radius 2 is 2.26 bits per heavy atom. The lowest BCUT2D eigenvalue weighted by molar-refractivity contribution is 0.555. The summed E-state index contributed by atoms with van der Waals surface area (Å²) in [7, 11) is 0. The first-order chi connectivity index (χ1) is 9.10. The van der Waals surface area contributed by atoms with Crippen LogP contribution in [0.1, 0.15) is 28.4 Å². The van der Waals surface area contributed by atoms with Crippen LogP contribution in [0.3, 0.4) is 0 Å². The topological polar surface area (TPSA) is 24.9 Å². The van der Waals surface area contributed by atoms with Gasteiger partial charge < -0.3 is 5.32 Å². The van der Waals surface area contributed by atoms with Gasteiger partial charge in [0.05, 0.1) is 9.48 Å². The number of thiazole rings is 1. The minimum absolute atomic E-state index is 0.225. The summed E-state index contributed by atoms with van der Waals surface area (Å²) in [4.78, 5) is 5.52. The lowest BCUT2D eigenvalue weighted by Gasteiger charge is -2.16. The first kappa shape index (κ1) is 14.6. The molecule has 2 aromatic rings. The zero-order chi connectivity index (χ0) is 13.8. The lowest BCUT2D eigenvalue weighted by Crippen LogP contribution is -2.22. The van der Waals surface area contributed by atoms with Crippen molar-refractivity contribution in [2.45, 2.75) is 26.3 Å². The fourth-order valence-electron chi connectivity index (χ4n) is 1.96. The summed E-state index contributed by atoms with van der Waals surface area (Å²) in [6.45, 7) is 4.98. The molecule has 1 atom stereocenters. The molecule has 0 saturated heterocycles. The molecule has 1 aromatic carbocycles. The number of nitrogens with one attached hydrogen (secondary N) is 1. The molecule has 0 saturated carbocycles. The summed E-state index contributed by atoms with van der Waals surface area (Å²) < 4.78 is 13.8. The fourth-order valence-corrected chi connectivity index (χ4v) is 3.25. The van der Waals surface area contributed by atoms with E-state index in [0.717, 1.165) is 23.5 Å². The molecule has 0 amide bonds. The van der Waals surface area contributed by atoms with E-state index in [-0.39, 0.29) is 11.9 Å². The molecule has 102 valence electrons. The average Bonchev–Trinajstić information content (AvgIpc) is 2.80. The molecule has 0 aliphatic carbocycles. The van der Waals surface area contributed by atoms with Crippen molar-refractivity contribution in [1.29, 1.82) is 0 Å². The first-order valence-electron chi connectivity index (χ1n) is 6.19. The summed E-state index contributed by atoms with van der Waals surface area (Å²) in [5.74, 6) is -0.225. The number of rotatable bonds is 5. The van der Waals surface area contributed by atoms with Crippen LogP contribution in [0.4, 0.5) is 4.39 Å². The van der Waals surface area contributed by atoms with Gasteiger partial charge in [-0.25, -0.2) is 9.37 Å². The molecule has 0 fully saturated rings. The monoisotopic (exact) mass is 342 g/mol. The minimum Gasteiger partial charge on any atom is -0.309 e. The lowest BCUT2D eigenvalue weighted by atomic mass is 10.1. The maximum absolute atomic E-state index is 13.2. The molecule has 2 nitrogen and oxygen atoms in total. The quantitative estimate of drug-likeness (QED) is 0.878. The van der Waals surface area contributed by atoms with Crippen molar-refractivity contribution >= 4 is 27.3 Å². The zero-order valence-electron chi connectivity index (χ0n) is 10.9. The van der Waals surface area contributed by atoms with Gasteiger partial charge in [-0.2, -0.15) is 0 Å². The summed E-state index contributed by atoms with van der Waals surface area (Å²) in [5.41, 5.74) is 1.10. The maximum Gasteiger partial charge on any atom is 0.137 e. The second kappa shape index (κ2) is 6.59. The molecular formula is C14H16BrFN2S. The van der Waals surface area contributed by atoms with Crippen LogP contribution < -0.4 is 5.32 Å². The van der Waals surface area contributed by atoms with E-state index >= 15 is 0 Å². The standard InChI is InChI=1S/C14H16BrFN2S/c1-3-17-13(14-8-18-9(2)19-14)7-10-4-5-12(16)11(15)6-10/h4-6,8,13,17H,3,7H2,1-2H3. The molecule has 19 heavy (non-hydrogen) atoms. The van der Waals surface area contributed by atoms with E-state index in [1.165, 1.54) is 10.9 Å². The van der Waals surface area contributed by atoms with Crippen LogP contribution in [-0.2, 0) is 6.42 Å². The van der Waals surface area contributed by atoms with Gasteiger partial charge in [-0.3, -0.25) is 0 Å². The molecule has 0 radical (unpaired) electrons. The van der Waals surface area contributed by atoms with Crippen molar-refractivity contribution in [3.63, 3.8) is 0 Å². The van der Waals surface area contributed by atoms with Gasteiger partial charge >= 0.3 is 0 Å². The van der Waals surface area contributed by atoms with Crippen molar-refractivity contribution in [3.05, 3.63) is 50.1 Å². The van der Waals surface area contributed by atoms with Crippen LogP contribution in [0.25, 0.3) is 0 Å². The highest BCUT2D eigenvalue weighted by Gasteiger charge is 2.14. The molecule has 0 spiro atoms. The van der Waals surface area contributed by atoms with Crippen LogP contribution in [0.15, 0.2) is 28.9 Å². The van der Waals surface area contributed by atoms with Crippen LogP contribution in [0.2, 0.25) is 0 Å². The van der Waals surface area contributed by atoms with E-state index < -0.39 is 0 Å². The normalized spacial score (nSPS) is 12.6. The fraction of sp³-hybridized carbons (Fsp3) is 0.357. The van der Waals surface area contributed by atoms with E-state index in [4.69, 9.17) is 0 Å². The Labute approximate surface area is 125 Å². The third kappa shape index (κ3) is 3.84. The summed E-state index contributed by atoms with van der Waals surface area (Å²) >= 11 is 4.93. The van der Waals surface area contributed by atoms with E-state index in [0.29, 0.717) is 4.47 Å². The molecular weight excluding hydrogens is 327 g/mol. The number of aryl methyl sites for hydroxylation is 1.